The number of aromatic nitrogens is 3. The predicted octanol–water partition coefficient (Wildman–Crippen LogP) is 4.44. The largest absolute Gasteiger partial charge is 0.322 e. The summed E-state index contributed by atoms with van der Waals surface area (Å²) in [4.78, 5) is 19.8. The van der Waals surface area contributed by atoms with Gasteiger partial charge in [0, 0.05) is 18.4 Å². The Labute approximate surface area is 175 Å². The highest BCUT2D eigenvalue weighted by Crippen LogP contribution is 2.29. The second kappa shape index (κ2) is 8.51. The number of fused-ring (bicyclic) bond motifs is 1. The first-order valence-corrected chi connectivity index (χ1v) is 10.5. The number of benzene rings is 1. The van der Waals surface area contributed by atoms with Gasteiger partial charge in [0.25, 0.3) is 5.91 Å². The number of pyridine rings is 1. The standard InChI is InChI=1S/C22H26ClN5O/c1-15-6-8-17(9-7-15)25-22(29)18-14-24-21-19(20(18)23)16(2)26-28(21)13-5-12-27-10-3-4-11-27/h6-9,14H,3-5,10-13H2,1-2H3,(H,25,29). The van der Waals surface area contributed by atoms with Gasteiger partial charge in [-0.25, -0.2) is 9.67 Å². The monoisotopic (exact) mass is 411 g/mol. The van der Waals surface area contributed by atoms with E-state index in [1.54, 1.807) is 6.20 Å². The van der Waals surface area contributed by atoms with Crippen LogP contribution >= 0.6 is 11.6 Å². The minimum Gasteiger partial charge on any atom is -0.322 e. The molecule has 4 rings (SSSR count). The molecular formula is C22H26ClN5O. The molecule has 1 fully saturated rings. The van der Waals surface area contributed by atoms with E-state index in [1.165, 1.54) is 25.9 Å². The lowest BCUT2D eigenvalue weighted by molar-refractivity contribution is 0.102. The highest BCUT2D eigenvalue weighted by molar-refractivity contribution is 6.39. The maximum atomic E-state index is 12.7. The third kappa shape index (κ3) is 4.28. The van der Waals surface area contributed by atoms with Crippen molar-refractivity contribution in [2.45, 2.75) is 39.7 Å². The normalized spacial score (nSPS) is 14.6. The van der Waals surface area contributed by atoms with Crippen LogP contribution in [0.3, 0.4) is 0 Å². The third-order valence-electron chi connectivity index (χ3n) is 5.47. The Bertz CT molecular complexity index is 1020. The van der Waals surface area contributed by atoms with E-state index in [1.807, 2.05) is 42.8 Å². The molecule has 0 atom stereocenters. The zero-order chi connectivity index (χ0) is 20.4. The molecule has 1 amide bonds. The summed E-state index contributed by atoms with van der Waals surface area (Å²) >= 11 is 6.62. The van der Waals surface area contributed by atoms with Gasteiger partial charge in [-0.3, -0.25) is 4.79 Å². The Kier molecular flexibility index (Phi) is 5.83. The minimum absolute atomic E-state index is 0.269. The third-order valence-corrected chi connectivity index (χ3v) is 5.86. The lowest BCUT2D eigenvalue weighted by Crippen LogP contribution is -2.21. The number of nitrogens with zero attached hydrogens (tertiary/aromatic N) is 4. The molecule has 1 aliphatic heterocycles. The van der Waals surface area contributed by atoms with Gasteiger partial charge in [0.05, 0.1) is 21.7 Å². The lowest BCUT2D eigenvalue weighted by Gasteiger charge is -2.14. The molecule has 0 saturated carbocycles. The number of hydrogen-bond acceptors (Lipinski definition) is 4. The van der Waals surface area contributed by atoms with Crippen LogP contribution in [-0.2, 0) is 6.54 Å². The van der Waals surface area contributed by atoms with Crippen molar-refractivity contribution in [1.29, 1.82) is 0 Å². The topological polar surface area (TPSA) is 63.1 Å². The number of aryl methyl sites for hydroxylation is 3. The second-order valence-corrected chi connectivity index (χ2v) is 8.09. The Morgan fingerprint density at radius 3 is 2.59 bits per heavy atom. The van der Waals surface area contributed by atoms with Gasteiger partial charge in [-0.05, 0) is 64.9 Å². The van der Waals surface area contributed by atoms with E-state index in [0.717, 1.165) is 47.5 Å². The molecule has 1 aliphatic rings. The molecule has 2 aromatic heterocycles. The molecule has 7 heteroatoms. The summed E-state index contributed by atoms with van der Waals surface area (Å²) in [6.45, 7) is 8.18. The van der Waals surface area contributed by atoms with Crippen molar-refractivity contribution in [3.05, 3.63) is 52.3 Å². The molecule has 152 valence electrons. The molecule has 1 aromatic carbocycles. The SMILES string of the molecule is Cc1ccc(NC(=O)c2cnc3c(c(C)nn3CCCN3CCCC3)c2Cl)cc1. The van der Waals surface area contributed by atoms with E-state index in [0.29, 0.717) is 10.6 Å². The van der Waals surface area contributed by atoms with Gasteiger partial charge in [0.1, 0.15) is 0 Å². The summed E-state index contributed by atoms with van der Waals surface area (Å²) in [7, 11) is 0. The van der Waals surface area contributed by atoms with Crippen molar-refractivity contribution >= 4 is 34.2 Å². The molecule has 0 unspecified atom stereocenters. The van der Waals surface area contributed by atoms with Crippen LogP contribution in [0.25, 0.3) is 11.0 Å². The van der Waals surface area contributed by atoms with Crippen LogP contribution in [0.15, 0.2) is 30.5 Å². The Hall–Kier alpha value is -2.44. The first-order chi connectivity index (χ1) is 14.0. The number of rotatable bonds is 6. The maximum Gasteiger partial charge on any atom is 0.258 e. The van der Waals surface area contributed by atoms with Crippen LogP contribution in [0.5, 0.6) is 0 Å². The fourth-order valence-electron chi connectivity index (χ4n) is 3.87. The van der Waals surface area contributed by atoms with E-state index in [-0.39, 0.29) is 5.91 Å². The number of nitrogens with one attached hydrogen (secondary N) is 1. The van der Waals surface area contributed by atoms with E-state index in [2.05, 4.69) is 20.3 Å². The zero-order valence-corrected chi connectivity index (χ0v) is 17.7. The van der Waals surface area contributed by atoms with Crippen LogP contribution in [0, 0.1) is 13.8 Å². The molecular weight excluding hydrogens is 386 g/mol. The van der Waals surface area contributed by atoms with Crippen molar-refractivity contribution in [1.82, 2.24) is 19.7 Å². The van der Waals surface area contributed by atoms with Crippen molar-refractivity contribution in [3.8, 4) is 0 Å². The number of hydrogen-bond donors (Lipinski definition) is 1. The van der Waals surface area contributed by atoms with Crippen LogP contribution in [-0.4, -0.2) is 45.2 Å². The fourth-order valence-corrected chi connectivity index (χ4v) is 4.23. The van der Waals surface area contributed by atoms with Gasteiger partial charge >= 0.3 is 0 Å². The first kappa shape index (κ1) is 19.9. The average molecular weight is 412 g/mol. The predicted molar refractivity (Wildman–Crippen MR) is 117 cm³/mol. The molecule has 0 bridgehead atoms. The summed E-state index contributed by atoms with van der Waals surface area (Å²) < 4.78 is 1.91. The summed E-state index contributed by atoms with van der Waals surface area (Å²) in [5, 5.41) is 8.67. The van der Waals surface area contributed by atoms with E-state index in [4.69, 9.17) is 11.6 Å². The lowest BCUT2D eigenvalue weighted by atomic mass is 10.2. The summed E-state index contributed by atoms with van der Waals surface area (Å²) in [6, 6.07) is 7.65. The van der Waals surface area contributed by atoms with Gasteiger partial charge in [0.15, 0.2) is 5.65 Å². The van der Waals surface area contributed by atoms with Crippen LogP contribution < -0.4 is 5.32 Å². The van der Waals surface area contributed by atoms with Crippen molar-refractivity contribution in [2.75, 3.05) is 25.0 Å². The maximum absolute atomic E-state index is 12.7. The van der Waals surface area contributed by atoms with E-state index < -0.39 is 0 Å². The average Bonchev–Trinajstić information content (AvgIpc) is 3.32. The second-order valence-electron chi connectivity index (χ2n) is 7.72. The van der Waals surface area contributed by atoms with Crippen LogP contribution in [0.1, 0.15) is 40.9 Å². The van der Waals surface area contributed by atoms with Gasteiger partial charge < -0.3 is 10.2 Å². The summed E-state index contributed by atoms with van der Waals surface area (Å²) in [5.74, 6) is -0.269. The molecule has 3 heterocycles. The molecule has 29 heavy (non-hydrogen) atoms. The summed E-state index contributed by atoms with van der Waals surface area (Å²) in [5.41, 5.74) is 3.76. The highest BCUT2D eigenvalue weighted by Gasteiger charge is 2.20. The molecule has 0 spiro atoms. The van der Waals surface area contributed by atoms with Crippen molar-refractivity contribution in [2.24, 2.45) is 0 Å². The Morgan fingerprint density at radius 2 is 1.86 bits per heavy atom. The number of halogens is 1. The van der Waals surface area contributed by atoms with Crippen LogP contribution in [0.4, 0.5) is 5.69 Å². The summed E-state index contributed by atoms with van der Waals surface area (Å²) in [6.07, 6.45) is 5.17. The minimum atomic E-state index is -0.269. The Morgan fingerprint density at radius 1 is 1.14 bits per heavy atom. The van der Waals surface area contributed by atoms with Gasteiger partial charge in [-0.1, -0.05) is 29.3 Å². The van der Waals surface area contributed by atoms with Gasteiger partial charge in [-0.2, -0.15) is 5.10 Å². The van der Waals surface area contributed by atoms with Gasteiger partial charge in [-0.15, -0.1) is 0 Å². The molecule has 1 N–H and O–H groups in total. The number of carbonyl (C=O) groups excluding carboxylic acids is 1. The number of amides is 1. The molecule has 3 aromatic rings. The number of likely N-dealkylation sites (tertiary alicyclic amines) is 1. The van der Waals surface area contributed by atoms with E-state index >= 15 is 0 Å². The van der Waals surface area contributed by atoms with Gasteiger partial charge in [0.2, 0.25) is 0 Å². The molecule has 0 radical (unpaired) electrons. The first-order valence-electron chi connectivity index (χ1n) is 10.1. The number of anilines is 1. The fraction of sp³-hybridized carbons (Fsp3) is 0.409. The Balaban J connectivity index is 1.52. The van der Waals surface area contributed by atoms with Crippen molar-refractivity contribution in [3.63, 3.8) is 0 Å². The van der Waals surface area contributed by atoms with Crippen LogP contribution in [0.2, 0.25) is 5.02 Å². The van der Waals surface area contributed by atoms with Crippen molar-refractivity contribution < 1.29 is 4.79 Å². The van der Waals surface area contributed by atoms with E-state index in [9.17, 15) is 4.79 Å². The number of carbonyl (C=O) groups is 1. The molecule has 1 saturated heterocycles. The zero-order valence-electron chi connectivity index (χ0n) is 16.9. The smallest absolute Gasteiger partial charge is 0.258 e. The highest BCUT2D eigenvalue weighted by atomic mass is 35.5. The molecule has 6 nitrogen and oxygen atoms in total. The molecule has 0 aliphatic carbocycles. The quantitative estimate of drug-likeness (QED) is 0.651.